The van der Waals surface area contributed by atoms with Gasteiger partial charge in [-0.1, -0.05) is 6.07 Å². The summed E-state index contributed by atoms with van der Waals surface area (Å²) in [4.78, 5) is 0. The van der Waals surface area contributed by atoms with E-state index in [1.165, 1.54) is 6.07 Å². The van der Waals surface area contributed by atoms with Crippen molar-refractivity contribution in [3.05, 3.63) is 58.3 Å². The van der Waals surface area contributed by atoms with Crippen LogP contribution < -0.4 is 5.73 Å². The number of aryl methyl sites for hydroxylation is 3. The summed E-state index contributed by atoms with van der Waals surface area (Å²) >= 11 is 0. The second-order valence-corrected chi connectivity index (χ2v) is 4.75. The topological polar surface area (TPSA) is 39.2 Å². The molecule has 2 rings (SSSR count). The van der Waals surface area contributed by atoms with Crippen LogP contribution in [0.3, 0.4) is 0 Å². The van der Waals surface area contributed by atoms with Gasteiger partial charge in [0.1, 0.15) is 17.3 Å². The number of rotatable bonds is 3. The Bertz CT molecular complexity index is 560. The van der Waals surface area contributed by atoms with E-state index in [0.717, 1.165) is 28.2 Å². The van der Waals surface area contributed by atoms with E-state index < -0.39 is 0 Å². The first-order chi connectivity index (χ1) is 8.47. The molecule has 0 saturated carbocycles. The van der Waals surface area contributed by atoms with E-state index in [1.54, 1.807) is 12.1 Å². The number of halogens is 1. The maximum Gasteiger partial charge on any atom is 0.123 e. The third-order valence-corrected chi connectivity index (χ3v) is 3.23. The van der Waals surface area contributed by atoms with Crippen LogP contribution >= 0.6 is 0 Å². The molecule has 0 amide bonds. The van der Waals surface area contributed by atoms with Crippen LogP contribution in [0.4, 0.5) is 4.39 Å². The molecular formula is C15H18FNO. The fourth-order valence-corrected chi connectivity index (χ4v) is 2.23. The molecule has 0 aliphatic carbocycles. The normalized spacial score (nSPS) is 12.7. The second-order valence-electron chi connectivity index (χ2n) is 4.75. The number of hydrogen-bond acceptors (Lipinski definition) is 2. The highest BCUT2D eigenvalue weighted by Crippen LogP contribution is 2.24. The number of nitrogens with two attached hydrogens (primary N) is 1. The summed E-state index contributed by atoms with van der Waals surface area (Å²) in [5, 5.41) is 0. The van der Waals surface area contributed by atoms with Crippen molar-refractivity contribution in [1.82, 2.24) is 0 Å². The van der Waals surface area contributed by atoms with Gasteiger partial charge in [-0.25, -0.2) is 4.39 Å². The predicted molar refractivity (Wildman–Crippen MR) is 70.0 cm³/mol. The van der Waals surface area contributed by atoms with Crippen molar-refractivity contribution in [3.8, 4) is 0 Å². The van der Waals surface area contributed by atoms with Gasteiger partial charge < -0.3 is 10.2 Å². The number of hydrogen-bond donors (Lipinski definition) is 1. The van der Waals surface area contributed by atoms with Gasteiger partial charge in [0.25, 0.3) is 0 Å². The van der Waals surface area contributed by atoms with Crippen LogP contribution in [0, 0.1) is 26.6 Å². The van der Waals surface area contributed by atoms with Gasteiger partial charge in [-0.2, -0.15) is 0 Å². The van der Waals surface area contributed by atoms with E-state index in [1.807, 2.05) is 26.8 Å². The Balaban J connectivity index is 2.23. The van der Waals surface area contributed by atoms with Crippen molar-refractivity contribution in [2.45, 2.75) is 33.2 Å². The molecule has 0 spiro atoms. The summed E-state index contributed by atoms with van der Waals surface area (Å²) in [5.74, 6) is 1.48. The lowest BCUT2D eigenvalue weighted by Gasteiger charge is -2.13. The Morgan fingerprint density at radius 2 is 1.94 bits per heavy atom. The molecule has 0 saturated heterocycles. The molecule has 2 nitrogen and oxygen atoms in total. The van der Waals surface area contributed by atoms with Crippen LogP contribution in [-0.4, -0.2) is 0 Å². The lowest BCUT2D eigenvalue weighted by Crippen LogP contribution is -2.14. The van der Waals surface area contributed by atoms with Crippen molar-refractivity contribution in [3.63, 3.8) is 0 Å². The molecule has 1 unspecified atom stereocenters. The fraction of sp³-hybridized carbons (Fsp3) is 0.333. The molecule has 2 N–H and O–H groups in total. The zero-order valence-corrected chi connectivity index (χ0v) is 11.0. The molecule has 0 aliphatic rings. The smallest absolute Gasteiger partial charge is 0.123 e. The zero-order chi connectivity index (χ0) is 13.3. The Morgan fingerprint density at radius 3 is 2.56 bits per heavy atom. The van der Waals surface area contributed by atoms with Gasteiger partial charge in [0.15, 0.2) is 0 Å². The molecule has 1 atom stereocenters. The van der Waals surface area contributed by atoms with Gasteiger partial charge in [-0.15, -0.1) is 0 Å². The van der Waals surface area contributed by atoms with Gasteiger partial charge in [-0.3, -0.25) is 0 Å². The molecule has 96 valence electrons. The second kappa shape index (κ2) is 4.94. The van der Waals surface area contributed by atoms with Crippen LogP contribution in [0.1, 0.15) is 34.3 Å². The first kappa shape index (κ1) is 12.8. The summed E-state index contributed by atoms with van der Waals surface area (Å²) in [6.07, 6.45) is 0.614. The highest BCUT2D eigenvalue weighted by Gasteiger charge is 2.15. The van der Waals surface area contributed by atoms with Crippen molar-refractivity contribution in [1.29, 1.82) is 0 Å². The SMILES string of the molecule is Cc1cc(C(N)Cc2cc(F)ccc2C)c(C)o1. The van der Waals surface area contributed by atoms with E-state index in [-0.39, 0.29) is 11.9 Å². The summed E-state index contributed by atoms with van der Waals surface area (Å²) in [6.45, 7) is 5.77. The zero-order valence-electron chi connectivity index (χ0n) is 11.0. The molecule has 2 aromatic rings. The minimum absolute atomic E-state index is 0.164. The van der Waals surface area contributed by atoms with Crippen molar-refractivity contribution >= 4 is 0 Å². The maximum atomic E-state index is 13.2. The van der Waals surface area contributed by atoms with E-state index in [9.17, 15) is 4.39 Å². The predicted octanol–water partition coefficient (Wildman–Crippen LogP) is 3.59. The van der Waals surface area contributed by atoms with E-state index in [4.69, 9.17) is 10.2 Å². The molecule has 0 bridgehead atoms. The number of benzene rings is 1. The first-order valence-corrected chi connectivity index (χ1v) is 6.05. The highest BCUT2D eigenvalue weighted by atomic mass is 19.1. The first-order valence-electron chi connectivity index (χ1n) is 6.05. The molecule has 3 heteroatoms. The van der Waals surface area contributed by atoms with Gasteiger partial charge in [0, 0.05) is 11.6 Å². The Labute approximate surface area is 107 Å². The average molecular weight is 247 g/mol. The van der Waals surface area contributed by atoms with E-state index in [0.29, 0.717) is 6.42 Å². The van der Waals surface area contributed by atoms with Gasteiger partial charge in [0.2, 0.25) is 0 Å². The molecule has 0 aliphatic heterocycles. The Hall–Kier alpha value is -1.61. The molecular weight excluding hydrogens is 229 g/mol. The number of furan rings is 1. The van der Waals surface area contributed by atoms with Crippen LogP contribution in [0.5, 0.6) is 0 Å². The standard InChI is InChI=1S/C15H18FNO/c1-9-4-5-13(16)7-12(9)8-15(17)14-6-10(2)18-11(14)3/h4-7,15H,8,17H2,1-3H3. The quantitative estimate of drug-likeness (QED) is 0.900. The Morgan fingerprint density at radius 1 is 1.22 bits per heavy atom. The van der Waals surface area contributed by atoms with Gasteiger partial charge in [0.05, 0.1) is 0 Å². The van der Waals surface area contributed by atoms with Crippen molar-refractivity contribution < 1.29 is 8.81 Å². The average Bonchev–Trinajstić information content (AvgIpc) is 2.63. The minimum atomic E-state index is -0.220. The lowest BCUT2D eigenvalue weighted by molar-refractivity contribution is 0.497. The highest BCUT2D eigenvalue weighted by molar-refractivity contribution is 5.31. The molecule has 0 fully saturated rings. The van der Waals surface area contributed by atoms with Crippen molar-refractivity contribution in [2.75, 3.05) is 0 Å². The van der Waals surface area contributed by atoms with Crippen LogP contribution in [0.25, 0.3) is 0 Å². The van der Waals surface area contributed by atoms with Gasteiger partial charge in [-0.05, 0) is 56.5 Å². The summed E-state index contributed by atoms with van der Waals surface area (Å²) in [5.41, 5.74) is 9.18. The van der Waals surface area contributed by atoms with Gasteiger partial charge >= 0.3 is 0 Å². The summed E-state index contributed by atoms with van der Waals surface area (Å²) < 4.78 is 18.7. The lowest BCUT2D eigenvalue weighted by atomic mass is 9.97. The van der Waals surface area contributed by atoms with Crippen LogP contribution in [0.2, 0.25) is 0 Å². The molecule has 1 heterocycles. The molecule has 1 aromatic heterocycles. The molecule has 1 aromatic carbocycles. The Kier molecular flexibility index (Phi) is 3.53. The fourth-order valence-electron chi connectivity index (χ4n) is 2.23. The van der Waals surface area contributed by atoms with Crippen LogP contribution in [-0.2, 0) is 6.42 Å². The minimum Gasteiger partial charge on any atom is -0.466 e. The monoisotopic (exact) mass is 247 g/mol. The molecule has 18 heavy (non-hydrogen) atoms. The van der Waals surface area contributed by atoms with E-state index >= 15 is 0 Å². The largest absolute Gasteiger partial charge is 0.466 e. The summed E-state index contributed by atoms with van der Waals surface area (Å²) in [7, 11) is 0. The third kappa shape index (κ3) is 2.62. The maximum absolute atomic E-state index is 13.2. The third-order valence-electron chi connectivity index (χ3n) is 3.23. The summed E-state index contributed by atoms with van der Waals surface area (Å²) in [6, 6.07) is 6.59. The molecule has 0 radical (unpaired) electrons. The van der Waals surface area contributed by atoms with E-state index in [2.05, 4.69) is 0 Å². The van der Waals surface area contributed by atoms with Crippen molar-refractivity contribution in [2.24, 2.45) is 5.73 Å². The van der Waals surface area contributed by atoms with Crippen LogP contribution in [0.15, 0.2) is 28.7 Å².